The van der Waals surface area contributed by atoms with E-state index in [4.69, 9.17) is 17.3 Å². The van der Waals surface area contributed by atoms with Crippen molar-refractivity contribution in [2.45, 2.75) is 13.0 Å². The van der Waals surface area contributed by atoms with E-state index in [0.717, 1.165) is 11.4 Å². The van der Waals surface area contributed by atoms with Gasteiger partial charge < -0.3 is 10.3 Å². The summed E-state index contributed by atoms with van der Waals surface area (Å²) in [5.74, 6) is 0. The van der Waals surface area contributed by atoms with Gasteiger partial charge in [-0.2, -0.15) is 0 Å². The van der Waals surface area contributed by atoms with Crippen LogP contribution in [0, 0.1) is 0 Å². The van der Waals surface area contributed by atoms with Gasteiger partial charge in [0.1, 0.15) is 0 Å². The summed E-state index contributed by atoms with van der Waals surface area (Å²) in [6, 6.07) is 16.5. The highest BCUT2D eigenvalue weighted by Gasteiger charge is 2.14. The summed E-state index contributed by atoms with van der Waals surface area (Å²) in [5.41, 5.74) is 10.9. The van der Waals surface area contributed by atoms with Gasteiger partial charge in [0.2, 0.25) is 0 Å². The molecule has 0 unspecified atom stereocenters. The van der Waals surface area contributed by atoms with Crippen LogP contribution in [-0.2, 0) is 20.0 Å². The van der Waals surface area contributed by atoms with Crippen molar-refractivity contribution in [3.63, 3.8) is 0 Å². The fourth-order valence-electron chi connectivity index (χ4n) is 2.80. The van der Waals surface area contributed by atoms with Crippen molar-refractivity contribution in [3.8, 4) is 0 Å². The first-order valence-corrected chi connectivity index (χ1v) is 7.08. The number of halogens is 2. The fourth-order valence-corrected chi connectivity index (χ4v) is 2.98. The van der Waals surface area contributed by atoms with Crippen LogP contribution in [-0.4, -0.2) is 4.57 Å². The molecule has 0 aliphatic carbocycles. The first kappa shape index (κ1) is 15.9. The summed E-state index contributed by atoms with van der Waals surface area (Å²) >= 11 is 6.16. The minimum absolute atomic E-state index is 0. The van der Waals surface area contributed by atoms with Gasteiger partial charge in [0, 0.05) is 35.2 Å². The third kappa shape index (κ3) is 2.93. The molecule has 0 aliphatic heterocycles. The van der Waals surface area contributed by atoms with E-state index < -0.39 is 0 Å². The van der Waals surface area contributed by atoms with Gasteiger partial charge in [0.05, 0.1) is 0 Å². The Morgan fingerprint density at radius 1 is 1.10 bits per heavy atom. The van der Waals surface area contributed by atoms with Crippen molar-refractivity contribution in [2.75, 3.05) is 0 Å². The smallest absolute Gasteiger partial charge is 0.0484 e. The van der Waals surface area contributed by atoms with Crippen LogP contribution in [0.5, 0.6) is 0 Å². The molecule has 4 heteroatoms. The Kier molecular flexibility index (Phi) is 4.94. The molecule has 0 atom stereocenters. The van der Waals surface area contributed by atoms with Crippen LogP contribution in [0.3, 0.4) is 0 Å². The van der Waals surface area contributed by atoms with E-state index in [1.165, 1.54) is 27.7 Å². The van der Waals surface area contributed by atoms with Gasteiger partial charge in [-0.15, -0.1) is 12.4 Å². The number of fused-ring (bicyclic) bond motifs is 1. The van der Waals surface area contributed by atoms with Crippen molar-refractivity contribution in [1.29, 1.82) is 0 Å². The highest BCUT2D eigenvalue weighted by molar-refractivity contribution is 6.31. The molecule has 2 aromatic carbocycles. The standard InChI is InChI=1S/C17H17ClN2.ClH/c1-20-16-8-7-13(18)10-15(16)14(17(20)11-19)9-12-5-3-2-4-6-12;/h2-8,10H,9,11,19H2,1H3;1H. The van der Waals surface area contributed by atoms with Gasteiger partial charge in [-0.1, -0.05) is 41.9 Å². The Balaban J connectivity index is 0.00000161. The molecule has 2 N–H and O–H groups in total. The Hall–Kier alpha value is -1.48. The van der Waals surface area contributed by atoms with Gasteiger partial charge in [0.15, 0.2) is 0 Å². The molecule has 0 radical (unpaired) electrons. The lowest BCUT2D eigenvalue weighted by Gasteiger charge is -2.05. The minimum Gasteiger partial charge on any atom is -0.346 e. The number of rotatable bonds is 3. The van der Waals surface area contributed by atoms with Crippen molar-refractivity contribution < 1.29 is 0 Å². The number of nitrogens with zero attached hydrogens (tertiary/aromatic N) is 1. The lowest BCUT2D eigenvalue weighted by Crippen LogP contribution is -2.06. The monoisotopic (exact) mass is 320 g/mol. The van der Waals surface area contributed by atoms with Crippen LogP contribution < -0.4 is 5.73 Å². The van der Waals surface area contributed by atoms with Gasteiger partial charge in [-0.05, 0) is 35.7 Å². The zero-order chi connectivity index (χ0) is 14.1. The van der Waals surface area contributed by atoms with Crippen molar-refractivity contribution in [3.05, 3.63) is 70.4 Å². The lowest BCUT2D eigenvalue weighted by atomic mass is 10.0. The van der Waals surface area contributed by atoms with E-state index in [9.17, 15) is 0 Å². The van der Waals surface area contributed by atoms with Crippen LogP contribution in [0.2, 0.25) is 5.02 Å². The number of hydrogen-bond acceptors (Lipinski definition) is 1. The van der Waals surface area contributed by atoms with Crippen LogP contribution >= 0.6 is 24.0 Å². The number of hydrogen-bond donors (Lipinski definition) is 1. The molecule has 0 spiro atoms. The number of nitrogens with two attached hydrogens (primary N) is 1. The lowest BCUT2D eigenvalue weighted by molar-refractivity contribution is 0.834. The van der Waals surface area contributed by atoms with E-state index in [-0.39, 0.29) is 12.4 Å². The van der Waals surface area contributed by atoms with E-state index in [1.54, 1.807) is 0 Å². The molecule has 1 aromatic heterocycles. The second-order valence-electron chi connectivity index (χ2n) is 5.01. The molecule has 21 heavy (non-hydrogen) atoms. The average Bonchev–Trinajstić information content (AvgIpc) is 2.72. The van der Waals surface area contributed by atoms with Crippen LogP contribution in [0.25, 0.3) is 10.9 Å². The molecule has 0 aliphatic rings. The molecule has 0 amide bonds. The largest absolute Gasteiger partial charge is 0.346 e. The molecule has 3 aromatic rings. The zero-order valence-electron chi connectivity index (χ0n) is 11.8. The van der Waals surface area contributed by atoms with Crippen molar-refractivity contribution >= 4 is 34.9 Å². The maximum absolute atomic E-state index is 6.16. The second-order valence-corrected chi connectivity index (χ2v) is 5.45. The fraction of sp³-hybridized carbons (Fsp3) is 0.176. The molecule has 1 heterocycles. The summed E-state index contributed by atoms with van der Waals surface area (Å²) < 4.78 is 2.17. The Bertz CT molecular complexity index is 748. The first-order chi connectivity index (χ1) is 9.70. The Morgan fingerprint density at radius 3 is 2.48 bits per heavy atom. The molecular formula is C17H18Cl2N2. The quantitative estimate of drug-likeness (QED) is 0.766. The molecule has 3 rings (SSSR count). The molecule has 0 saturated heterocycles. The summed E-state index contributed by atoms with van der Waals surface area (Å²) in [5, 5.41) is 1.96. The summed E-state index contributed by atoms with van der Waals surface area (Å²) in [7, 11) is 2.06. The molecule has 0 bridgehead atoms. The van der Waals surface area contributed by atoms with Gasteiger partial charge in [-0.25, -0.2) is 0 Å². The normalized spacial score (nSPS) is 10.6. The molecular weight excluding hydrogens is 303 g/mol. The zero-order valence-corrected chi connectivity index (χ0v) is 13.4. The number of aromatic nitrogens is 1. The average molecular weight is 321 g/mol. The predicted molar refractivity (Wildman–Crippen MR) is 92.3 cm³/mol. The highest BCUT2D eigenvalue weighted by atomic mass is 35.5. The number of aryl methyl sites for hydroxylation is 1. The van der Waals surface area contributed by atoms with Gasteiger partial charge >= 0.3 is 0 Å². The van der Waals surface area contributed by atoms with Crippen molar-refractivity contribution in [2.24, 2.45) is 12.8 Å². The maximum Gasteiger partial charge on any atom is 0.0484 e. The third-order valence-corrected chi connectivity index (χ3v) is 4.05. The van der Waals surface area contributed by atoms with E-state index in [2.05, 4.69) is 41.9 Å². The summed E-state index contributed by atoms with van der Waals surface area (Å²) in [6.45, 7) is 0.533. The molecule has 110 valence electrons. The number of benzene rings is 2. The van der Waals surface area contributed by atoms with Gasteiger partial charge in [-0.3, -0.25) is 0 Å². The Morgan fingerprint density at radius 2 is 1.81 bits per heavy atom. The topological polar surface area (TPSA) is 30.9 Å². The second kappa shape index (κ2) is 6.52. The molecule has 2 nitrogen and oxygen atoms in total. The van der Waals surface area contributed by atoms with Crippen LogP contribution in [0.4, 0.5) is 0 Å². The SMILES string of the molecule is Cl.Cn1c(CN)c(Cc2ccccc2)c2cc(Cl)ccc21. The molecule has 0 saturated carbocycles. The van der Waals surface area contributed by atoms with E-state index in [1.807, 2.05) is 18.2 Å². The summed E-state index contributed by atoms with van der Waals surface area (Å²) in [6.07, 6.45) is 0.880. The van der Waals surface area contributed by atoms with Crippen LogP contribution in [0.15, 0.2) is 48.5 Å². The minimum atomic E-state index is 0. The molecule has 0 fully saturated rings. The maximum atomic E-state index is 6.16. The van der Waals surface area contributed by atoms with E-state index in [0.29, 0.717) is 6.54 Å². The van der Waals surface area contributed by atoms with Crippen molar-refractivity contribution in [1.82, 2.24) is 4.57 Å². The first-order valence-electron chi connectivity index (χ1n) is 6.70. The predicted octanol–water partition coefficient (Wildman–Crippen LogP) is 4.30. The summed E-state index contributed by atoms with van der Waals surface area (Å²) in [4.78, 5) is 0. The van der Waals surface area contributed by atoms with Crippen LogP contribution in [0.1, 0.15) is 16.8 Å². The highest BCUT2D eigenvalue weighted by Crippen LogP contribution is 2.29. The van der Waals surface area contributed by atoms with E-state index >= 15 is 0 Å². The van der Waals surface area contributed by atoms with Gasteiger partial charge in [0.25, 0.3) is 0 Å². The third-order valence-electron chi connectivity index (χ3n) is 3.82. The Labute approximate surface area is 135 Å².